The fraction of sp³-hybridized carbons (Fsp3) is 0.750. The summed E-state index contributed by atoms with van der Waals surface area (Å²) in [5, 5.41) is 7.99. The van der Waals surface area contributed by atoms with Crippen molar-refractivity contribution >= 4 is 6.16 Å². The van der Waals surface area contributed by atoms with Gasteiger partial charge in [0.05, 0.1) is 0 Å². The quantitative estimate of drug-likeness (QED) is 0.400. The third-order valence-corrected chi connectivity index (χ3v) is 0.854. The molecule has 46 valence electrons. The van der Waals surface area contributed by atoms with Gasteiger partial charge in [0.15, 0.2) is 0 Å². The summed E-state index contributed by atoms with van der Waals surface area (Å²) in [5.74, 6) is -0.828. The molecule has 0 saturated carbocycles. The van der Waals surface area contributed by atoms with Crippen molar-refractivity contribution in [3.05, 3.63) is 0 Å². The minimum absolute atomic E-state index is 0.374. The summed E-state index contributed by atoms with van der Waals surface area (Å²) >= 11 is 0. The van der Waals surface area contributed by atoms with Crippen LogP contribution in [0.5, 0.6) is 0 Å². The van der Waals surface area contributed by atoms with Gasteiger partial charge in [-0.15, -0.1) is 0 Å². The molecule has 1 N–H and O–H groups in total. The first kappa shape index (κ1) is 5.37. The number of rotatable bonds is 1. The van der Waals surface area contributed by atoms with Crippen molar-refractivity contribution in [3.8, 4) is 0 Å². The van der Waals surface area contributed by atoms with Gasteiger partial charge < -0.3 is 14.6 Å². The first-order valence-electron chi connectivity index (χ1n) is 2.18. The average Bonchev–Trinajstić information content (AvgIpc) is 2.17. The molecule has 8 heavy (non-hydrogen) atoms. The van der Waals surface area contributed by atoms with Crippen LogP contribution in [-0.4, -0.2) is 23.7 Å². The third kappa shape index (κ3) is 1.10. The molecule has 0 bridgehead atoms. The van der Waals surface area contributed by atoms with Crippen LogP contribution in [0.3, 0.4) is 0 Å². The smallest absolute Gasteiger partial charge is 0.450 e. The molecule has 0 aromatic carbocycles. The highest BCUT2D eigenvalue weighted by atomic mass is 16.8. The van der Waals surface area contributed by atoms with Gasteiger partial charge in [0, 0.05) is 6.92 Å². The van der Waals surface area contributed by atoms with E-state index in [1.807, 2.05) is 0 Å². The van der Waals surface area contributed by atoms with Gasteiger partial charge in [-0.3, -0.25) is 0 Å². The number of carbonyl (C=O) groups is 1. The molecule has 1 saturated heterocycles. The third-order valence-electron chi connectivity index (χ3n) is 0.854. The van der Waals surface area contributed by atoms with Gasteiger partial charge in [-0.25, -0.2) is 4.79 Å². The Morgan fingerprint density at radius 1 is 2.00 bits per heavy atom. The molecule has 1 heterocycles. The highest BCUT2D eigenvalue weighted by molar-refractivity contribution is 5.57. The predicted octanol–water partition coefficient (Wildman–Crippen LogP) is 0.427. The van der Waals surface area contributed by atoms with Crippen LogP contribution in [0, 0.1) is 0 Å². The van der Waals surface area contributed by atoms with Crippen LogP contribution in [0.4, 0.5) is 4.79 Å². The Balaban J connectivity index is 2.29. The Hall–Kier alpha value is -0.770. The molecule has 0 spiro atoms. The van der Waals surface area contributed by atoms with E-state index in [2.05, 4.69) is 9.47 Å². The van der Waals surface area contributed by atoms with Gasteiger partial charge in [0.25, 0.3) is 0 Å². The molecule has 4 heteroatoms. The molecule has 0 radical (unpaired) electrons. The maximum absolute atomic E-state index is 9.75. The summed E-state index contributed by atoms with van der Waals surface area (Å²) < 4.78 is 8.85. The lowest BCUT2D eigenvalue weighted by atomic mass is 10.5. The number of hydrogen-bond acceptors (Lipinski definition) is 3. The zero-order valence-corrected chi connectivity index (χ0v) is 4.38. The van der Waals surface area contributed by atoms with Crippen LogP contribution >= 0.6 is 0 Å². The number of epoxide rings is 1. The van der Waals surface area contributed by atoms with Gasteiger partial charge in [-0.2, -0.15) is 0 Å². The van der Waals surface area contributed by atoms with E-state index < -0.39 is 11.9 Å². The minimum atomic E-state index is -1.29. The summed E-state index contributed by atoms with van der Waals surface area (Å²) in [4.78, 5) is 9.75. The Labute approximate surface area is 46.0 Å². The van der Waals surface area contributed by atoms with Crippen molar-refractivity contribution in [3.63, 3.8) is 0 Å². The first-order chi connectivity index (χ1) is 3.62. The Morgan fingerprint density at radius 2 is 2.50 bits per heavy atom. The lowest BCUT2D eigenvalue weighted by molar-refractivity contribution is -0.00671. The van der Waals surface area contributed by atoms with Crippen LogP contribution in [0.2, 0.25) is 0 Å². The van der Waals surface area contributed by atoms with E-state index in [1.165, 1.54) is 0 Å². The molecular formula is C4H6O4. The predicted molar refractivity (Wildman–Crippen MR) is 23.5 cm³/mol. The van der Waals surface area contributed by atoms with Gasteiger partial charge in [0.1, 0.15) is 6.61 Å². The molecule has 1 fully saturated rings. The zero-order chi connectivity index (χ0) is 6.20. The Morgan fingerprint density at radius 3 is 2.62 bits per heavy atom. The lowest BCUT2D eigenvalue weighted by Crippen LogP contribution is -2.14. The first-order valence-corrected chi connectivity index (χ1v) is 2.18. The van der Waals surface area contributed by atoms with Crippen molar-refractivity contribution in [2.45, 2.75) is 12.7 Å². The molecule has 1 aliphatic rings. The highest BCUT2D eigenvalue weighted by Crippen LogP contribution is 2.26. The van der Waals surface area contributed by atoms with E-state index in [4.69, 9.17) is 5.11 Å². The second kappa shape index (κ2) is 1.35. The minimum Gasteiger partial charge on any atom is -0.450 e. The molecule has 1 atom stereocenters. The van der Waals surface area contributed by atoms with Crippen LogP contribution in [0.15, 0.2) is 0 Å². The van der Waals surface area contributed by atoms with Crippen molar-refractivity contribution in [1.29, 1.82) is 0 Å². The van der Waals surface area contributed by atoms with Crippen molar-refractivity contribution in [1.82, 2.24) is 0 Å². The van der Waals surface area contributed by atoms with Crippen LogP contribution in [-0.2, 0) is 9.47 Å². The van der Waals surface area contributed by atoms with Crippen molar-refractivity contribution in [2.24, 2.45) is 0 Å². The zero-order valence-electron chi connectivity index (χ0n) is 4.38. The van der Waals surface area contributed by atoms with Crippen LogP contribution < -0.4 is 0 Å². The van der Waals surface area contributed by atoms with E-state index in [0.29, 0.717) is 6.61 Å². The fourth-order valence-electron chi connectivity index (χ4n) is 0.345. The molecular weight excluding hydrogens is 112 g/mol. The summed E-state index contributed by atoms with van der Waals surface area (Å²) in [6, 6.07) is 0. The molecule has 1 rings (SSSR count). The highest BCUT2D eigenvalue weighted by Gasteiger charge is 2.44. The standard InChI is InChI=1S/C4H6O4/c1-4(2-7-4)8-3(5)6/h2H2,1H3,(H,5,6). The normalized spacial score (nSPS) is 34.1. The fourth-order valence-corrected chi connectivity index (χ4v) is 0.345. The van der Waals surface area contributed by atoms with E-state index in [1.54, 1.807) is 6.92 Å². The van der Waals surface area contributed by atoms with Crippen molar-refractivity contribution in [2.75, 3.05) is 6.61 Å². The molecule has 0 aliphatic carbocycles. The van der Waals surface area contributed by atoms with Crippen molar-refractivity contribution < 1.29 is 19.4 Å². The Kier molecular flexibility index (Phi) is 0.907. The molecule has 4 nitrogen and oxygen atoms in total. The lowest BCUT2D eigenvalue weighted by Gasteiger charge is -2.00. The summed E-state index contributed by atoms with van der Waals surface area (Å²) in [6.07, 6.45) is -1.29. The number of hydrogen-bond donors (Lipinski definition) is 1. The Bertz CT molecular complexity index is 115. The van der Waals surface area contributed by atoms with E-state index in [9.17, 15) is 4.79 Å². The van der Waals surface area contributed by atoms with E-state index in [0.717, 1.165) is 0 Å². The molecule has 0 amide bonds. The average molecular weight is 118 g/mol. The SMILES string of the molecule is CC1(OC(=O)O)CO1. The summed E-state index contributed by atoms with van der Waals surface area (Å²) in [5.41, 5.74) is 0. The van der Waals surface area contributed by atoms with E-state index >= 15 is 0 Å². The largest absolute Gasteiger partial charge is 0.508 e. The maximum Gasteiger partial charge on any atom is 0.508 e. The monoisotopic (exact) mass is 118 g/mol. The molecule has 1 unspecified atom stereocenters. The van der Waals surface area contributed by atoms with Crippen LogP contribution in [0.25, 0.3) is 0 Å². The van der Waals surface area contributed by atoms with Gasteiger partial charge in [-0.05, 0) is 0 Å². The maximum atomic E-state index is 9.75. The summed E-state index contributed by atoms with van der Waals surface area (Å²) in [7, 11) is 0. The molecule has 0 aromatic rings. The van der Waals surface area contributed by atoms with Gasteiger partial charge in [0.2, 0.25) is 5.79 Å². The molecule has 1 aliphatic heterocycles. The second-order valence-corrected chi connectivity index (χ2v) is 1.79. The van der Waals surface area contributed by atoms with Gasteiger partial charge >= 0.3 is 6.16 Å². The molecule has 0 aromatic heterocycles. The second-order valence-electron chi connectivity index (χ2n) is 1.79. The topological polar surface area (TPSA) is 59.1 Å². The summed E-state index contributed by atoms with van der Waals surface area (Å²) in [6.45, 7) is 1.94. The van der Waals surface area contributed by atoms with Crippen LogP contribution in [0.1, 0.15) is 6.92 Å². The van der Waals surface area contributed by atoms with E-state index in [-0.39, 0.29) is 0 Å². The van der Waals surface area contributed by atoms with Gasteiger partial charge in [-0.1, -0.05) is 0 Å². The number of ether oxygens (including phenoxy) is 2. The number of carboxylic acid groups (broad SMARTS) is 1.